The molecule has 0 spiro atoms. The number of fused-ring (bicyclic) bond motifs is 1. The number of ether oxygens (including phenoxy) is 1. The van der Waals surface area contributed by atoms with E-state index in [4.69, 9.17) is 16.3 Å². The van der Waals surface area contributed by atoms with E-state index in [9.17, 15) is 4.21 Å². The van der Waals surface area contributed by atoms with Crippen LogP contribution < -0.4 is 4.74 Å². The number of nitrogens with zero attached hydrogens (tertiary/aromatic N) is 2. The summed E-state index contributed by atoms with van der Waals surface area (Å²) in [7, 11) is -0.899. The Morgan fingerprint density at radius 2 is 2.17 bits per heavy atom. The molecular formula is C15H15Cl2N3O2S. The van der Waals surface area contributed by atoms with Crippen molar-refractivity contribution in [3.8, 4) is 17.1 Å². The summed E-state index contributed by atoms with van der Waals surface area (Å²) in [5.74, 6) is 1.74. The molecule has 0 bridgehead atoms. The van der Waals surface area contributed by atoms with Crippen LogP contribution in [-0.2, 0) is 10.8 Å². The van der Waals surface area contributed by atoms with E-state index in [1.54, 1.807) is 24.6 Å². The van der Waals surface area contributed by atoms with E-state index >= 15 is 0 Å². The third-order valence-electron chi connectivity index (χ3n) is 3.08. The minimum absolute atomic E-state index is 0. The second kappa shape index (κ2) is 7.77. The summed E-state index contributed by atoms with van der Waals surface area (Å²) in [4.78, 5) is 11.9. The fraction of sp³-hybridized carbons (Fsp3) is 0.200. The second-order valence-corrected chi connectivity index (χ2v) is 6.72. The van der Waals surface area contributed by atoms with E-state index in [1.807, 2.05) is 18.2 Å². The normalized spacial score (nSPS) is 11.9. The van der Waals surface area contributed by atoms with Gasteiger partial charge in [-0.3, -0.25) is 4.21 Å². The first kappa shape index (κ1) is 17.7. The van der Waals surface area contributed by atoms with Crippen molar-refractivity contribution in [3.05, 3.63) is 41.6 Å². The highest BCUT2D eigenvalue weighted by Gasteiger charge is 2.12. The van der Waals surface area contributed by atoms with Gasteiger partial charge in [-0.2, -0.15) is 0 Å². The van der Waals surface area contributed by atoms with Crippen LogP contribution in [0.5, 0.6) is 5.75 Å². The van der Waals surface area contributed by atoms with Gasteiger partial charge in [-0.15, -0.1) is 12.4 Å². The van der Waals surface area contributed by atoms with Gasteiger partial charge in [0.2, 0.25) is 0 Å². The van der Waals surface area contributed by atoms with Gasteiger partial charge in [0.1, 0.15) is 11.6 Å². The first-order valence-electron chi connectivity index (χ1n) is 6.67. The predicted molar refractivity (Wildman–Crippen MR) is 96.0 cm³/mol. The van der Waals surface area contributed by atoms with E-state index in [-0.39, 0.29) is 12.4 Å². The van der Waals surface area contributed by atoms with Crippen LogP contribution in [0.25, 0.3) is 22.6 Å². The SMILES string of the molecule is CS(=O)CCOc1cc(Cl)ccc1-c1nc2ncccc2[nH]1.Cl. The highest BCUT2D eigenvalue weighted by molar-refractivity contribution is 7.84. The van der Waals surface area contributed by atoms with Crippen molar-refractivity contribution in [1.29, 1.82) is 0 Å². The maximum absolute atomic E-state index is 11.2. The Hall–Kier alpha value is -1.63. The molecule has 0 aliphatic heterocycles. The van der Waals surface area contributed by atoms with Gasteiger partial charge in [0, 0.05) is 28.3 Å². The Kier molecular flexibility index (Phi) is 5.98. The van der Waals surface area contributed by atoms with Crippen molar-refractivity contribution in [1.82, 2.24) is 15.0 Å². The summed E-state index contributed by atoms with van der Waals surface area (Å²) in [6.07, 6.45) is 3.34. The third-order valence-corrected chi connectivity index (χ3v) is 4.06. The Bertz CT molecular complexity index is 805. The molecule has 8 heteroatoms. The van der Waals surface area contributed by atoms with Crippen molar-refractivity contribution in [3.63, 3.8) is 0 Å². The minimum Gasteiger partial charge on any atom is -0.492 e. The standard InChI is InChI=1S/C15H14ClN3O2S.ClH/c1-22(20)8-7-21-13-9-10(16)4-5-11(13)14-18-12-3-2-6-17-15(12)19-14;/h2-6,9H,7-8H2,1H3,(H,17,18,19);1H. The first-order chi connectivity index (χ1) is 10.6. The van der Waals surface area contributed by atoms with Crippen molar-refractivity contribution in [2.45, 2.75) is 0 Å². The molecule has 0 aliphatic carbocycles. The number of H-pyrrole nitrogens is 1. The minimum atomic E-state index is -0.899. The molecule has 0 saturated carbocycles. The lowest BCUT2D eigenvalue weighted by Gasteiger charge is -2.10. The van der Waals surface area contributed by atoms with Crippen LogP contribution in [0.4, 0.5) is 0 Å². The van der Waals surface area contributed by atoms with Crippen LogP contribution in [0, 0.1) is 0 Å². The molecule has 3 rings (SSSR count). The summed E-state index contributed by atoms with van der Waals surface area (Å²) in [5.41, 5.74) is 2.30. The van der Waals surface area contributed by atoms with Crippen LogP contribution in [-0.4, -0.2) is 37.8 Å². The molecule has 0 saturated heterocycles. The van der Waals surface area contributed by atoms with Crippen LogP contribution in [0.15, 0.2) is 36.5 Å². The summed E-state index contributed by atoms with van der Waals surface area (Å²) in [6.45, 7) is 0.356. The summed E-state index contributed by atoms with van der Waals surface area (Å²) >= 11 is 6.04. The zero-order chi connectivity index (χ0) is 15.5. The number of halogens is 2. The van der Waals surface area contributed by atoms with Crippen LogP contribution >= 0.6 is 24.0 Å². The Balaban J connectivity index is 0.00000192. The molecule has 5 nitrogen and oxygen atoms in total. The monoisotopic (exact) mass is 371 g/mol. The summed E-state index contributed by atoms with van der Waals surface area (Å²) in [6, 6.07) is 9.12. The number of aromatic amines is 1. The van der Waals surface area contributed by atoms with Crippen molar-refractivity contribution in [2.75, 3.05) is 18.6 Å². The smallest absolute Gasteiger partial charge is 0.178 e. The molecule has 2 aromatic heterocycles. The zero-order valence-electron chi connectivity index (χ0n) is 12.3. The number of benzene rings is 1. The molecule has 3 aromatic rings. The van der Waals surface area contributed by atoms with Gasteiger partial charge < -0.3 is 9.72 Å². The Labute approximate surface area is 147 Å². The van der Waals surface area contributed by atoms with Crippen molar-refractivity contribution < 1.29 is 8.95 Å². The van der Waals surface area contributed by atoms with E-state index in [2.05, 4.69) is 15.0 Å². The highest BCUT2D eigenvalue weighted by atomic mass is 35.5. The molecule has 122 valence electrons. The molecule has 0 radical (unpaired) electrons. The Morgan fingerprint density at radius 1 is 1.35 bits per heavy atom. The van der Waals surface area contributed by atoms with Crippen LogP contribution in [0.1, 0.15) is 0 Å². The van der Waals surface area contributed by atoms with E-state index in [0.717, 1.165) is 11.1 Å². The van der Waals surface area contributed by atoms with Gasteiger partial charge in [-0.25, -0.2) is 9.97 Å². The highest BCUT2D eigenvalue weighted by Crippen LogP contribution is 2.31. The molecule has 1 N–H and O–H groups in total. The Morgan fingerprint density at radius 3 is 2.91 bits per heavy atom. The lowest BCUT2D eigenvalue weighted by molar-refractivity contribution is 0.344. The first-order valence-corrected chi connectivity index (χ1v) is 8.77. The maximum Gasteiger partial charge on any atom is 0.178 e. The molecular weight excluding hydrogens is 357 g/mol. The molecule has 1 atom stereocenters. The second-order valence-electron chi connectivity index (χ2n) is 4.73. The average Bonchev–Trinajstić information content (AvgIpc) is 2.90. The van der Waals surface area contributed by atoms with Crippen LogP contribution in [0.3, 0.4) is 0 Å². The number of pyridine rings is 1. The average molecular weight is 372 g/mol. The quantitative estimate of drug-likeness (QED) is 0.745. The largest absolute Gasteiger partial charge is 0.492 e. The molecule has 0 amide bonds. The van der Waals surface area contributed by atoms with E-state index in [0.29, 0.717) is 34.6 Å². The zero-order valence-corrected chi connectivity index (χ0v) is 14.7. The molecule has 0 fully saturated rings. The maximum atomic E-state index is 11.2. The number of imidazole rings is 1. The molecule has 1 aromatic carbocycles. The number of hydrogen-bond acceptors (Lipinski definition) is 4. The van der Waals surface area contributed by atoms with E-state index in [1.165, 1.54) is 0 Å². The lowest BCUT2D eigenvalue weighted by atomic mass is 10.2. The summed E-state index contributed by atoms with van der Waals surface area (Å²) in [5, 5.41) is 0.575. The number of hydrogen-bond donors (Lipinski definition) is 1. The molecule has 1 unspecified atom stereocenters. The number of nitrogens with one attached hydrogen (secondary N) is 1. The topological polar surface area (TPSA) is 67.9 Å². The molecule has 2 heterocycles. The number of aromatic nitrogens is 3. The predicted octanol–water partition coefficient (Wildman–Crippen LogP) is 3.46. The summed E-state index contributed by atoms with van der Waals surface area (Å²) < 4.78 is 16.9. The number of rotatable bonds is 5. The van der Waals surface area contributed by atoms with Crippen molar-refractivity contribution in [2.24, 2.45) is 0 Å². The third kappa shape index (κ3) is 4.22. The van der Waals surface area contributed by atoms with Crippen molar-refractivity contribution >= 4 is 46.0 Å². The van der Waals surface area contributed by atoms with E-state index < -0.39 is 10.8 Å². The van der Waals surface area contributed by atoms with Gasteiger partial charge >= 0.3 is 0 Å². The van der Waals surface area contributed by atoms with Gasteiger partial charge in [0.25, 0.3) is 0 Å². The van der Waals surface area contributed by atoms with Gasteiger partial charge in [-0.05, 0) is 30.3 Å². The fourth-order valence-corrected chi connectivity index (χ4v) is 2.53. The fourth-order valence-electron chi connectivity index (χ4n) is 2.05. The van der Waals surface area contributed by atoms with Gasteiger partial charge in [0.15, 0.2) is 5.65 Å². The van der Waals surface area contributed by atoms with Crippen LogP contribution in [0.2, 0.25) is 5.02 Å². The van der Waals surface area contributed by atoms with Gasteiger partial charge in [0.05, 0.1) is 23.4 Å². The molecule has 23 heavy (non-hydrogen) atoms. The molecule has 0 aliphatic rings. The lowest BCUT2D eigenvalue weighted by Crippen LogP contribution is -2.07. The van der Waals surface area contributed by atoms with Gasteiger partial charge in [-0.1, -0.05) is 11.6 Å².